The van der Waals surface area contributed by atoms with Crippen LogP contribution in [-0.4, -0.2) is 66.9 Å². The van der Waals surface area contributed by atoms with Crippen LogP contribution in [0.25, 0.3) is 10.8 Å². The largest absolute Gasteiger partial charge is 0.491 e. The van der Waals surface area contributed by atoms with Crippen LogP contribution < -0.4 is 4.74 Å². The highest BCUT2D eigenvalue weighted by Crippen LogP contribution is 2.20. The summed E-state index contributed by atoms with van der Waals surface area (Å²) in [4.78, 5) is 4.68. The molecule has 1 aliphatic rings. The van der Waals surface area contributed by atoms with E-state index in [2.05, 4.69) is 27.9 Å². The molecule has 132 valence electrons. The standard InChI is InChI=1S/C21H26N2O2/c1-2-3-10-22-11-13-23(14-12-22)16-20(24)17-25-21-9-8-18-6-4-5-7-19(18)15-21/h1,4-9,15,20,24H,3,10-14,16-17H2. The first-order chi connectivity index (χ1) is 12.2. The third kappa shape index (κ3) is 5.20. The molecule has 0 spiro atoms. The predicted molar refractivity (Wildman–Crippen MR) is 102 cm³/mol. The molecule has 1 N–H and O–H groups in total. The maximum atomic E-state index is 10.3. The molecule has 0 saturated carbocycles. The van der Waals surface area contributed by atoms with Gasteiger partial charge < -0.3 is 9.84 Å². The van der Waals surface area contributed by atoms with Gasteiger partial charge in [-0.2, -0.15) is 0 Å². The summed E-state index contributed by atoms with van der Waals surface area (Å²) in [5.74, 6) is 3.49. The maximum Gasteiger partial charge on any atom is 0.120 e. The zero-order chi connectivity index (χ0) is 17.5. The second kappa shape index (κ2) is 8.87. The molecule has 3 rings (SSSR count). The average Bonchev–Trinajstić information content (AvgIpc) is 2.65. The van der Waals surface area contributed by atoms with Crippen LogP contribution in [0.5, 0.6) is 5.75 Å². The van der Waals surface area contributed by atoms with E-state index in [1.54, 1.807) is 0 Å². The van der Waals surface area contributed by atoms with Crippen molar-refractivity contribution in [1.82, 2.24) is 9.80 Å². The Morgan fingerprint density at radius 2 is 1.76 bits per heavy atom. The molecule has 1 fully saturated rings. The summed E-state index contributed by atoms with van der Waals surface area (Å²) < 4.78 is 5.78. The summed E-state index contributed by atoms with van der Waals surface area (Å²) in [6.45, 7) is 5.90. The summed E-state index contributed by atoms with van der Waals surface area (Å²) in [6, 6.07) is 14.2. The highest BCUT2D eigenvalue weighted by molar-refractivity contribution is 5.83. The maximum absolute atomic E-state index is 10.3. The molecule has 4 nitrogen and oxygen atoms in total. The molecule has 0 aromatic heterocycles. The van der Waals surface area contributed by atoms with E-state index >= 15 is 0 Å². The Labute approximate surface area is 150 Å². The van der Waals surface area contributed by atoms with Crippen molar-refractivity contribution in [2.75, 3.05) is 45.9 Å². The second-order valence-electron chi connectivity index (χ2n) is 6.57. The summed E-state index contributed by atoms with van der Waals surface area (Å²) in [6.07, 6.45) is 5.64. The Bertz CT molecular complexity index is 717. The normalized spacial score (nSPS) is 17.3. The minimum atomic E-state index is -0.483. The molecule has 1 aliphatic heterocycles. The number of ether oxygens (including phenoxy) is 1. The minimum absolute atomic E-state index is 0.315. The first kappa shape index (κ1) is 17.8. The Balaban J connectivity index is 1.42. The number of hydrogen-bond donors (Lipinski definition) is 1. The summed E-state index contributed by atoms with van der Waals surface area (Å²) in [5.41, 5.74) is 0. The van der Waals surface area contributed by atoms with Gasteiger partial charge in [0.05, 0.1) is 0 Å². The minimum Gasteiger partial charge on any atom is -0.491 e. The fraction of sp³-hybridized carbons (Fsp3) is 0.429. The number of piperazine rings is 1. The van der Waals surface area contributed by atoms with E-state index in [9.17, 15) is 5.11 Å². The number of nitrogens with zero attached hydrogens (tertiary/aromatic N) is 2. The molecule has 1 unspecified atom stereocenters. The van der Waals surface area contributed by atoms with Crippen molar-refractivity contribution in [2.24, 2.45) is 0 Å². The Kier molecular flexibility index (Phi) is 6.30. The number of rotatable bonds is 7. The van der Waals surface area contributed by atoms with Gasteiger partial charge in [0.1, 0.15) is 18.5 Å². The topological polar surface area (TPSA) is 35.9 Å². The van der Waals surface area contributed by atoms with E-state index in [1.807, 2.05) is 30.3 Å². The van der Waals surface area contributed by atoms with E-state index < -0.39 is 6.10 Å². The molecule has 1 saturated heterocycles. The van der Waals surface area contributed by atoms with Gasteiger partial charge in [-0.1, -0.05) is 30.3 Å². The lowest BCUT2D eigenvalue weighted by molar-refractivity contribution is 0.0465. The number of fused-ring (bicyclic) bond motifs is 1. The molecule has 1 atom stereocenters. The molecule has 25 heavy (non-hydrogen) atoms. The SMILES string of the molecule is C#CCCN1CCN(CC(O)COc2ccc3ccccc3c2)CC1. The van der Waals surface area contributed by atoms with Crippen molar-refractivity contribution >= 4 is 10.8 Å². The summed E-state index contributed by atoms with van der Waals surface area (Å²) in [7, 11) is 0. The van der Waals surface area contributed by atoms with Crippen molar-refractivity contribution in [1.29, 1.82) is 0 Å². The molecule has 0 radical (unpaired) electrons. The first-order valence-corrected chi connectivity index (χ1v) is 8.92. The quantitative estimate of drug-likeness (QED) is 0.786. The highest BCUT2D eigenvalue weighted by atomic mass is 16.5. The van der Waals surface area contributed by atoms with E-state index in [4.69, 9.17) is 11.2 Å². The molecule has 0 amide bonds. The van der Waals surface area contributed by atoms with Gasteiger partial charge in [0.2, 0.25) is 0 Å². The fourth-order valence-electron chi connectivity index (χ4n) is 3.22. The monoisotopic (exact) mass is 338 g/mol. The Morgan fingerprint density at radius 1 is 1.04 bits per heavy atom. The summed E-state index contributed by atoms with van der Waals surface area (Å²) in [5, 5.41) is 12.6. The third-order valence-corrected chi connectivity index (χ3v) is 4.67. The van der Waals surface area contributed by atoms with Gasteiger partial charge in [-0.15, -0.1) is 12.3 Å². The Morgan fingerprint density at radius 3 is 2.52 bits per heavy atom. The van der Waals surface area contributed by atoms with Crippen molar-refractivity contribution in [3.05, 3.63) is 42.5 Å². The fourth-order valence-corrected chi connectivity index (χ4v) is 3.22. The molecule has 4 heteroatoms. The first-order valence-electron chi connectivity index (χ1n) is 8.92. The number of hydrogen-bond acceptors (Lipinski definition) is 4. The lowest BCUT2D eigenvalue weighted by Crippen LogP contribution is -2.49. The van der Waals surface area contributed by atoms with Crippen LogP contribution in [0.4, 0.5) is 0 Å². The smallest absolute Gasteiger partial charge is 0.120 e. The number of β-amino-alcohol motifs (C(OH)–C–C–N with tert-alkyl or cyclic N) is 1. The average molecular weight is 338 g/mol. The lowest BCUT2D eigenvalue weighted by atomic mass is 10.1. The van der Waals surface area contributed by atoms with E-state index in [0.717, 1.165) is 50.3 Å². The van der Waals surface area contributed by atoms with E-state index in [0.29, 0.717) is 13.2 Å². The van der Waals surface area contributed by atoms with Crippen molar-refractivity contribution < 1.29 is 9.84 Å². The van der Waals surface area contributed by atoms with Crippen LogP contribution in [0.3, 0.4) is 0 Å². The Hall–Kier alpha value is -2.06. The van der Waals surface area contributed by atoms with Crippen LogP contribution in [0.15, 0.2) is 42.5 Å². The van der Waals surface area contributed by atoms with Crippen LogP contribution in [0, 0.1) is 12.3 Å². The van der Waals surface area contributed by atoms with Gasteiger partial charge in [0.15, 0.2) is 0 Å². The molecule has 2 aromatic carbocycles. The number of benzene rings is 2. The molecule has 0 aliphatic carbocycles. The van der Waals surface area contributed by atoms with Gasteiger partial charge in [0, 0.05) is 45.7 Å². The lowest BCUT2D eigenvalue weighted by Gasteiger charge is -2.35. The van der Waals surface area contributed by atoms with Crippen LogP contribution in [0.1, 0.15) is 6.42 Å². The van der Waals surface area contributed by atoms with Gasteiger partial charge >= 0.3 is 0 Å². The molecule has 1 heterocycles. The number of aliphatic hydroxyl groups is 1. The van der Waals surface area contributed by atoms with Gasteiger partial charge in [-0.05, 0) is 22.9 Å². The second-order valence-corrected chi connectivity index (χ2v) is 6.57. The summed E-state index contributed by atoms with van der Waals surface area (Å²) >= 11 is 0. The van der Waals surface area contributed by atoms with Gasteiger partial charge in [-0.25, -0.2) is 0 Å². The van der Waals surface area contributed by atoms with Gasteiger partial charge in [-0.3, -0.25) is 9.80 Å². The van der Waals surface area contributed by atoms with Crippen LogP contribution in [-0.2, 0) is 0 Å². The predicted octanol–water partition coefficient (Wildman–Crippen LogP) is 2.22. The highest BCUT2D eigenvalue weighted by Gasteiger charge is 2.19. The molecule has 2 aromatic rings. The van der Waals surface area contributed by atoms with Crippen LogP contribution >= 0.6 is 0 Å². The zero-order valence-electron chi connectivity index (χ0n) is 14.6. The van der Waals surface area contributed by atoms with Crippen molar-refractivity contribution in [3.63, 3.8) is 0 Å². The molecular formula is C21H26N2O2. The van der Waals surface area contributed by atoms with E-state index in [-0.39, 0.29) is 0 Å². The third-order valence-electron chi connectivity index (χ3n) is 4.67. The van der Waals surface area contributed by atoms with Crippen molar-refractivity contribution in [3.8, 4) is 18.1 Å². The van der Waals surface area contributed by atoms with Crippen molar-refractivity contribution in [2.45, 2.75) is 12.5 Å². The zero-order valence-corrected chi connectivity index (χ0v) is 14.6. The molecule has 0 bridgehead atoms. The van der Waals surface area contributed by atoms with Gasteiger partial charge in [0.25, 0.3) is 0 Å². The van der Waals surface area contributed by atoms with E-state index in [1.165, 1.54) is 5.39 Å². The van der Waals surface area contributed by atoms with Crippen LogP contribution in [0.2, 0.25) is 0 Å². The number of aliphatic hydroxyl groups excluding tert-OH is 1. The molecular weight excluding hydrogens is 312 g/mol. The number of terminal acetylenes is 1.